The van der Waals surface area contributed by atoms with Crippen molar-refractivity contribution in [3.05, 3.63) is 23.8 Å². The van der Waals surface area contributed by atoms with Crippen LogP contribution in [0, 0.1) is 23.2 Å². The molecule has 27 heavy (non-hydrogen) atoms. The summed E-state index contributed by atoms with van der Waals surface area (Å²) in [6.07, 6.45) is 2.12. The number of rotatable bonds is 1. The summed E-state index contributed by atoms with van der Waals surface area (Å²) in [5.41, 5.74) is -1.52. The average molecular weight is 382 g/mol. The Morgan fingerprint density at radius 2 is 1.89 bits per heavy atom. The van der Waals surface area contributed by atoms with E-state index in [0.717, 1.165) is 6.42 Å². The van der Waals surface area contributed by atoms with Gasteiger partial charge < -0.3 is 4.74 Å². The van der Waals surface area contributed by atoms with E-state index in [-0.39, 0.29) is 29.3 Å². The Kier molecular flexibility index (Phi) is 3.95. The van der Waals surface area contributed by atoms with Crippen molar-refractivity contribution in [2.45, 2.75) is 57.2 Å². The highest BCUT2D eigenvalue weighted by molar-refractivity contribution is 6.01. The van der Waals surface area contributed by atoms with Crippen LogP contribution in [-0.2, 0) is 19.1 Å². The maximum absolute atomic E-state index is 13.0. The van der Waals surface area contributed by atoms with Crippen molar-refractivity contribution in [2.24, 2.45) is 23.2 Å². The molecular weight excluding hydrogens is 361 g/mol. The Hall–Kier alpha value is -1.92. The number of hydrogen-bond acceptors (Lipinski definition) is 4. The molecule has 0 saturated heterocycles. The van der Waals surface area contributed by atoms with Gasteiger partial charge in [-0.15, -0.1) is 0 Å². The van der Waals surface area contributed by atoms with Gasteiger partial charge in [-0.2, -0.15) is 13.2 Å². The highest BCUT2D eigenvalue weighted by atomic mass is 19.4. The fraction of sp³-hybridized carbons (Fsp3) is 0.650. The van der Waals surface area contributed by atoms with Gasteiger partial charge in [0.05, 0.1) is 0 Å². The maximum atomic E-state index is 13.0. The van der Waals surface area contributed by atoms with Crippen LogP contribution in [0.2, 0.25) is 0 Å². The molecular formula is C20H21F3O4. The quantitative estimate of drug-likeness (QED) is 0.649. The van der Waals surface area contributed by atoms with Crippen molar-refractivity contribution >= 4 is 17.5 Å². The van der Waals surface area contributed by atoms with E-state index >= 15 is 0 Å². The average Bonchev–Trinajstić information content (AvgIpc) is 2.89. The standard InChI is InChI=1S/C20H21F3O4/c1-18-8-7-15-13(14(18)4-5-16(18)25)3-2-11-10-12(24)6-9-19(11,15)27-17(26)20(21,22)23/h6,9-10,13-15H,2-5,7-8H2,1H3/t13-,14-,15-,18-,19+/m0/s1. The third-order valence-corrected chi connectivity index (χ3v) is 7.25. The molecule has 0 radical (unpaired) electrons. The van der Waals surface area contributed by atoms with Crippen molar-refractivity contribution in [3.63, 3.8) is 0 Å². The molecule has 4 aliphatic rings. The fourth-order valence-electron chi connectivity index (χ4n) is 5.98. The zero-order valence-corrected chi connectivity index (χ0v) is 15.0. The lowest BCUT2D eigenvalue weighted by Crippen LogP contribution is -2.56. The number of esters is 1. The Morgan fingerprint density at radius 1 is 1.15 bits per heavy atom. The van der Waals surface area contributed by atoms with Gasteiger partial charge in [0.2, 0.25) is 0 Å². The lowest BCUT2D eigenvalue weighted by atomic mass is 9.51. The number of alkyl halides is 3. The van der Waals surface area contributed by atoms with Crippen molar-refractivity contribution in [1.82, 2.24) is 0 Å². The second-order valence-electron chi connectivity index (χ2n) is 8.42. The van der Waals surface area contributed by atoms with Crippen LogP contribution in [0.3, 0.4) is 0 Å². The summed E-state index contributed by atoms with van der Waals surface area (Å²) < 4.78 is 44.0. The first-order valence-corrected chi connectivity index (χ1v) is 9.36. The fourth-order valence-corrected chi connectivity index (χ4v) is 5.98. The van der Waals surface area contributed by atoms with Gasteiger partial charge >= 0.3 is 12.1 Å². The van der Waals surface area contributed by atoms with E-state index in [1.165, 1.54) is 18.2 Å². The predicted octanol–water partition coefficient (Wildman–Crippen LogP) is 3.70. The first-order valence-electron chi connectivity index (χ1n) is 9.36. The van der Waals surface area contributed by atoms with Crippen molar-refractivity contribution in [2.75, 3.05) is 0 Å². The molecule has 0 unspecified atom stereocenters. The lowest BCUT2D eigenvalue weighted by Gasteiger charge is -2.55. The van der Waals surface area contributed by atoms with Crippen LogP contribution >= 0.6 is 0 Å². The number of fused-ring (bicyclic) bond motifs is 5. The highest BCUT2D eigenvalue weighted by Gasteiger charge is 2.62. The first-order chi connectivity index (χ1) is 12.6. The van der Waals surface area contributed by atoms with Crippen LogP contribution in [0.4, 0.5) is 13.2 Å². The van der Waals surface area contributed by atoms with E-state index in [0.29, 0.717) is 37.7 Å². The Morgan fingerprint density at radius 3 is 2.59 bits per heavy atom. The minimum atomic E-state index is -5.10. The SMILES string of the molecule is C[C@]12CC[C@H]3[C@@H](CCC4=CC(=O)C=C[C@@]43OC(=O)C(F)(F)F)[C@@H]1CCC2=O. The molecule has 146 valence electrons. The van der Waals surface area contributed by atoms with E-state index < -0.39 is 23.2 Å². The molecule has 0 aromatic carbocycles. The summed E-state index contributed by atoms with van der Waals surface area (Å²) in [4.78, 5) is 36.0. The largest absolute Gasteiger partial charge is 0.490 e. The van der Waals surface area contributed by atoms with Crippen LogP contribution in [0.1, 0.15) is 45.4 Å². The van der Waals surface area contributed by atoms with Gasteiger partial charge in [0.25, 0.3) is 0 Å². The number of allylic oxidation sites excluding steroid dienone is 2. The molecule has 4 rings (SSSR count). The first kappa shape index (κ1) is 18.4. The van der Waals surface area contributed by atoms with Gasteiger partial charge in [0.15, 0.2) is 11.4 Å². The number of ketones is 2. The zero-order valence-electron chi connectivity index (χ0n) is 15.0. The van der Waals surface area contributed by atoms with Crippen LogP contribution < -0.4 is 0 Å². The van der Waals surface area contributed by atoms with Crippen LogP contribution in [0.5, 0.6) is 0 Å². The molecule has 0 spiro atoms. The molecule has 4 nitrogen and oxygen atoms in total. The van der Waals surface area contributed by atoms with E-state index in [1.54, 1.807) is 0 Å². The summed E-state index contributed by atoms with van der Waals surface area (Å²) in [5, 5.41) is 0. The van der Waals surface area contributed by atoms with E-state index in [4.69, 9.17) is 4.74 Å². The van der Waals surface area contributed by atoms with Crippen molar-refractivity contribution < 1.29 is 32.3 Å². The molecule has 0 aromatic rings. The number of carbonyl (C=O) groups excluding carboxylic acids is 3. The molecule has 3 fully saturated rings. The van der Waals surface area contributed by atoms with Gasteiger partial charge in [-0.05, 0) is 67.7 Å². The smallest absolute Gasteiger partial charge is 0.443 e. The number of ether oxygens (including phenoxy) is 1. The number of Topliss-reactive ketones (excluding diaryl/α,β-unsaturated/α-hetero) is 1. The van der Waals surface area contributed by atoms with Gasteiger partial charge in [0, 0.05) is 17.8 Å². The summed E-state index contributed by atoms with van der Waals surface area (Å²) in [6.45, 7) is 1.96. The number of hydrogen-bond donors (Lipinski definition) is 0. The van der Waals surface area contributed by atoms with Gasteiger partial charge in [-0.25, -0.2) is 4.79 Å². The van der Waals surface area contributed by atoms with Gasteiger partial charge in [-0.3, -0.25) is 9.59 Å². The molecule has 0 bridgehead atoms. The monoisotopic (exact) mass is 382 g/mol. The second-order valence-corrected chi connectivity index (χ2v) is 8.42. The zero-order chi connectivity index (χ0) is 19.6. The molecule has 4 aliphatic carbocycles. The van der Waals surface area contributed by atoms with Gasteiger partial charge in [-0.1, -0.05) is 6.92 Å². The lowest BCUT2D eigenvalue weighted by molar-refractivity contribution is -0.216. The molecule has 0 aromatic heterocycles. The molecule has 7 heteroatoms. The predicted molar refractivity (Wildman–Crippen MR) is 88.4 cm³/mol. The van der Waals surface area contributed by atoms with Crippen LogP contribution in [0.25, 0.3) is 0 Å². The Balaban J connectivity index is 1.75. The highest BCUT2D eigenvalue weighted by Crippen LogP contribution is 2.62. The summed E-state index contributed by atoms with van der Waals surface area (Å²) in [5.74, 6) is -2.59. The molecule has 3 saturated carbocycles. The molecule has 0 N–H and O–H groups in total. The van der Waals surface area contributed by atoms with E-state index in [2.05, 4.69) is 0 Å². The Bertz CT molecular complexity index is 781. The number of halogens is 3. The molecule has 0 heterocycles. The third kappa shape index (κ3) is 2.61. The summed E-state index contributed by atoms with van der Waals surface area (Å²) in [7, 11) is 0. The topological polar surface area (TPSA) is 60.4 Å². The minimum Gasteiger partial charge on any atom is -0.443 e. The second kappa shape index (κ2) is 5.79. The molecule has 0 amide bonds. The normalized spacial score (nSPS) is 40.7. The number of carbonyl (C=O) groups is 3. The van der Waals surface area contributed by atoms with Crippen molar-refractivity contribution in [3.8, 4) is 0 Å². The Labute approximate surface area is 154 Å². The van der Waals surface area contributed by atoms with Crippen molar-refractivity contribution in [1.29, 1.82) is 0 Å². The summed E-state index contributed by atoms with van der Waals surface area (Å²) in [6, 6.07) is 0. The van der Waals surface area contributed by atoms with Crippen LogP contribution in [-0.4, -0.2) is 29.3 Å². The van der Waals surface area contributed by atoms with E-state index in [1.807, 2.05) is 6.92 Å². The van der Waals surface area contributed by atoms with E-state index in [9.17, 15) is 27.6 Å². The van der Waals surface area contributed by atoms with Crippen LogP contribution in [0.15, 0.2) is 23.8 Å². The molecule has 0 aliphatic heterocycles. The maximum Gasteiger partial charge on any atom is 0.490 e. The third-order valence-electron chi connectivity index (χ3n) is 7.25. The van der Waals surface area contributed by atoms with Gasteiger partial charge in [0.1, 0.15) is 5.78 Å². The summed E-state index contributed by atoms with van der Waals surface area (Å²) >= 11 is 0. The molecule has 5 atom stereocenters. The minimum absolute atomic E-state index is 0.00812.